The number of carbonyl (C=O) groups excluding carboxylic acids is 2. The van der Waals surface area contributed by atoms with E-state index >= 15 is 0 Å². The molecule has 0 aliphatic carbocycles. The Balaban J connectivity index is 3.57. The standard InChI is InChI=1S/C6H9N3O3/c1-12-6(11)3-2-5(10)4-8-9-7/h2-4H2,1H3. The number of hydrogen-bond acceptors (Lipinski definition) is 4. The molecule has 6 nitrogen and oxygen atoms in total. The van der Waals surface area contributed by atoms with Crippen LogP contribution in [-0.4, -0.2) is 25.4 Å². The zero-order chi connectivity index (χ0) is 9.40. The number of Topliss-reactive ketones (excluding diaryl/α,β-unsaturated/α-hetero) is 1. The van der Waals surface area contributed by atoms with Crippen molar-refractivity contribution in [2.24, 2.45) is 5.11 Å². The smallest absolute Gasteiger partial charge is 0.305 e. The van der Waals surface area contributed by atoms with Crippen LogP contribution in [0.4, 0.5) is 0 Å². The molecule has 0 aromatic carbocycles. The second kappa shape index (κ2) is 6.18. The van der Waals surface area contributed by atoms with Gasteiger partial charge in [-0.25, -0.2) is 0 Å². The first-order chi connectivity index (χ1) is 5.70. The first-order valence-electron chi connectivity index (χ1n) is 3.30. The van der Waals surface area contributed by atoms with Crippen LogP contribution in [0.5, 0.6) is 0 Å². The van der Waals surface area contributed by atoms with E-state index in [9.17, 15) is 9.59 Å². The summed E-state index contributed by atoms with van der Waals surface area (Å²) in [5, 5.41) is 3.05. The van der Waals surface area contributed by atoms with Crippen molar-refractivity contribution in [3.05, 3.63) is 10.4 Å². The Morgan fingerprint density at radius 1 is 1.50 bits per heavy atom. The Morgan fingerprint density at radius 3 is 2.67 bits per heavy atom. The predicted octanol–water partition coefficient (Wildman–Crippen LogP) is 0.819. The molecule has 0 aliphatic heterocycles. The highest BCUT2D eigenvalue weighted by molar-refractivity contribution is 5.84. The summed E-state index contributed by atoms with van der Waals surface area (Å²) >= 11 is 0. The van der Waals surface area contributed by atoms with Gasteiger partial charge >= 0.3 is 5.97 Å². The lowest BCUT2D eigenvalue weighted by atomic mass is 10.2. The first kappa shape index (κ1) is 10.4. The van der Waals surface area contributed by atoms with E-state index in [4.69, 9.17) is 5.53 Å². The predicted molar refractivity (Wildman–Crippen MR) is 40.3 cm³/mol. The Hall–Kier alpha value is -1.55. The third-order valence-electron chi connectivity index (χ3n) is 1.15. The molecule has 0 atom stereocenters. The number of ether oxygens (including phenoxy) is 1. The second-order valence-corrected chi connectivity index (χ2v) is 2.00. The lowest BCUT2D eigenvalue weighted by molar-refractivity contribution is -0.141. The first-order valence-corrected chi connectivity index (χ1v) is 3.30. The highest BCUT2D eigenvalue weighted by Gasteiger charge is 2.04. The van der Waals surface area contributed by atoms with Crippen LogP contribution in [0, 0.1) is 0 Å². The van der Waals surface area contributed by atoms with Gasteiger partial charge in [-0.3, -0.25) is 9.59 Å². The van der Waals surface area contributed by atoms with Gasteiger partial charge in [-0.1, -0.05) is 5.11 Å². The zero-order valence-electron chi connectivity index (χ0n) is 6.69. The fourth-order valence-electron chi connectivity index (χ4n) is 0.533. The third-order valence-corrected chi connectivity index (χ3v) is 1.15. The normalized spacial score (nSPS) is 8.42. The van der Waals surface area contributed by atoms with Gasteiger partial charge in [0, 0.05) is 11.3 Å². The van der Waals surface area contributed by atoms with Gasteiger partial charge in [-0.2, -0.15) is 0 Å². The van der Waals surface area contributed by atoms with Crippen LogP contribution >= 0.6 is 0 Å². The van der Waals surface area contributed by atoms with Crippen molar-refractivity contribution < 1.29 is 14.3 Å². The number of hydrogen-bond donors (Lipinski definition) is 0. The Bertz CT molecular complexity index is 220. The molecule has 0 bridgehead atoms. The molecule has 0 unspecified atom stereocenters. The number of azide groups is 1. The summed E-state index contributed by atoms with van der Waals surface area (Å²) in [7, 11) is 1.25. The highest BCUT2D eigenvalue weighted by Crippen LogP contribution is 1.93. The van der Waals surface area contributed by atoms with E-state index in [1.54, 1.807) is 0 Å². The maximum atomic E-state index is 10.7. The van der Waals surface area contributed by atoms with Crippen molar-refractivity contribution in [1.29, 1.82) is 0 Å². The van der Waals surface area contributed by atoms with E-state index in [1.165, 1.54) is 7.11 Å². The Morgan fingerprint density at radius 2 is 2.17 bits per heavy atom. The second-order valence-electron chi connectivity index (χ2n) is 2.00. The molecule has 0 aromatic rings. The SMILES string of the molecule is COC(=O)CCC(=O)CN=[N+]=[N-]. The minimum atomic E-state index is -0.440. The summed E-state index contributed by atoms with van der Waals surface area (Å²) in [6, 6.07) is 0. The number of carbonyl (C=O) groups is 2. The maximum Gasteiger partial charge on any atom is 0.305 e. The van der Waals surface area contributed by atoms with E-state index in [2.05, 4.69) is 14.8 Å². The van der Waals surface area contributed by atoms with Crippen LogP contribution in [0.15, 0.2) is 5.11 Å². The fourth-order valence-corrected chi connectivity index (χ4v) is 0.533. The van der Waals surface area contributed by atoms with Gasteiger partial charge in [0.25, 0.3) is 0 Å². The van der Waals surface area contributed by atoms with E-state index in [1.807, 2.05) is 0 Å². The van der Waals surface area contributed by atoms with Gasteiger partial charge in [0.15, 0.2) is 0 Å². The number of methoxy groups -OCH3 is 1. The third kappa shape index (κ3) is 5.25. The molecule has 6 heteroatoms. The fraction of sp³-hybridized carbons (Fsp3) is 0.667. The van der Waals surface area contributed by atoms with E-state index in [0.29, 0.717) is 0 Å². The molecule has 0 saturated carbocycles. The van der Waals surface area contributed by atoms with Crippen LogP contribution < -0.4 is 0 Å². The lowest BCUT2D eigenvalue weighted by Crippen LogP contribution is -2.07. The summed E-state index contributed by atoms with van der Waals surface area (Å²) < 4.78 is 4.31. The number of rotatable bonds is 5. The quantitative estimate of drug-likeness (QED) is 0.265. The molecule has 0 radical (unpaired) electrons. The summed E-state index contributed by atoms with van der Waals surface area (Å²) in [5.41, 5.74) is 7.85. The molecule has 12 heavy (non-hydrogen) atoms. The van der Waals surface area contributed by atoms with Crippen molar-refractivity contribution in [2.45, 2.75) is 12.8 Å². The molecule has 0 fully saturated rings. The molecule has 0 spiro atoms. The molecular formula is C6H9N3O3. The average molecular weight is 171 g/mol. The van der Waals surface area contributed by atoms with Crippen LogP contribution in [0.2, 0.25) is 0 Å². The largest absolute Gasteiger partial charge is 0.469 e. The van der Waals surface area contributed by atoms with Crippen LogP contribution in [0.1, 0.15) is 12.8 Å². The average Bonchev–Trinajstić information content (AvgIpc) is 2.10. The van der Waals surface area contributed by atoms with E-state index in [-0.39, 0.29) is 25.2 Å². The molecule has 0 amide bonds. The van der Waals surface area contributed by atoms with Gasteiger partial charge in [-0.15, -0.1) is 0 Å². The van der Waals surface area contributed by atoms with Crippen LogP contribution in [-0.2, 0) is 14.3 Å². The molecule has 0 N–H and O–H groups in total. The maximum absolute atomic E-state index is 10.7. The molecule has 0 aromatic heterocycles. The summed E-state index contributed by atoms with van der Waals surface area (Å²) in [4.78, 5) is 23.7. The van der Waals surface area contributed by atoms with Crippen molar-refractivity contribution in [3.63, 3.8) is 0 Å². The number of nitrogens with zero attached hydrogens (tertiary/aromatic N) is 3. The number of ketones is 1. The lowest BCUT2D eigenvalue weighted by Gasteiger charge is -1.95. The minimum Gasteiger partial charge on any atom is -0.469 e. The monoisotopic (exact) mass is 171 g/mol. The zero-order valence-corrected chi connectivity index (χ0v) is 6.69. The molecular weight excluding hydrogens is 162 g/mol. The summed E-state index contributed by atoms with van der Waals surface area (Å²) in [6.45, 7) is -0.201. The Labute approximate surface area is 69.1 Å². The van der Waals surface area contributed by atoms with Crippen molar-refractivity contribution >= 4 is 11.8 Å². The van der Waals surface area contributed by atoms with Gasteiger partial charge in [0.1, 0.15) is 5.78 Å². The van der Waals surface area contributed by atoms with Gasteiger partial charge < -0.3 is 4.74 Å². The molecule has 66 valence electrons. The van der Waals surface area contributed by atoms with E-state index < -0.39 is 5.97 Å². The van der Waals surface area contributed by atoms with E-state index in [0.717, 1.165) is 0 Å². The van der Waals surface area contributed by atoms with Crippen LogP contribution in [0.3, 0.4) is 0 Å². The highest BCUT2D eigenvalue weighted by atomic mass is 16.5. The van der Waals surface area contributed by atoms with Gasteiger partial charge in [0.05, 0.1) is 20.1 Å². The van der Waals surface area contributed by atoms with Crippen molar-refractivity contribution in [1.82, 2.24) is 0 Å². The van der Waals surface area contributed by atoms with Gasteiger partial charge in [0.2, 0.25) is 0 Å². The summed E-state index contributed by atoms with van der Waals surface area (Å²) in [6.07, 6.45) is 0.0992. The van der Waals surface area contributed by atoms with Crippen molar-refractivity contribution in [2.75, 3.05) is 13.7 Å². The van der Waals surface area contributed by atoms with Gasteiger partial charge in [-0.05, 0) is 5.53 Å². The Kier molecular flexibility index (Phi) is 5.38. The minimum absolute atomic E-state index is 0.0380. The molecule has 0 saturated heterocycles. The topological polar surface area (TPSA) is 92.1 Å². The molecule has 0 aliphatic rings. The molecule has 0 rings (SSSR count). The van der Waals surface area contributed by atoms with Crippen LogP contribution in [0.25, 0.3) is 10.4 Å². The van der Waals surface area contributed by atoms with Crippen molar-refractivity contribution in [3.8, 4) is 0 Å². The molecule has 0 heterocycles. The summed E-state index contributed by atoms with van der Waals surface area (Å²) in [5.74, 6) is -0.706. The number of esters is 1.